The molecule has 1 atom stereocenters. The SMILES string of the molecule is COP(=O)(F)C(F)=C(C)C. The van der Waals surface area contributed by atoms with Crippen LogP contribution in [-0.4, -0.2) is 7.11 Å². The van der Waals surface area contributed by atoms with Gasteiger partial charge in [0.2, 0.25) is 5.57 Å². The summed E-state index contributed by atoms with van der Waals surface area (Å²) in [6.07, 6.45) is 0. The second kappa shape index (κ2) is 3.26. The van der Waals surface area contributed by atoms with E-state index in [-0.39, 0.29) is 5.57 Å². The Morgan fingerprint density at radius 3 is 2.00 bits per heavy atom. The Bertz CT molecular complexity index is 196. The quantitative estimate of drug-likeness (QED) is 0.595. The van der Waals surface area contributed by atoms with Gasteiger partial charge in [0.15, 0.2) is 0 Å². The van der Waals surface area contributed by atoms with E-state index in [1.165, 1.54) is 13.8 Å². The number of halogens is 2. The number of hydrogen-bond acceptors (Lipinski definition) is 2. The average molecular weight is 170 g/mol. The van der Waals surface area contributed by atoms with E-state index in [9.17, 15) is 13.2 Å². The molecule has 2 nitrogen and oxygen atoms in total. The molecule has 1 unspecified atom stereocenters. The maximum atomic E-state index is 12.4. The molecule has 0 spiro atoms. The van der Waals surface area contributed by atoms with Crippen LogP contribution in [0.5, 0.6) is 0 Å². The third kappa shape index (κ3) is 2.20. The topological polar surface area (TPSA) is 26.3 Å². The molecule has 0 aliphatic carbocycles. The van der Waals surface area contributed by atoms with E-state index in [2.05, 4.69) is 4.52 Å². The van der Waals surface area contributed by atoms with Crippen LogP contribution in [0.4, 0.5) is 8.59 Å². The van der Waals surface area contributed by atoms with E-state index in [0.29, 0.717) is 0 Å². The summed E-state index contributed by atoms with van der Waals surface area (Å²) < 4.78 is 39.0. The number of hydrogen-bond donors (Lipinski definition) is 0. The Kier molecular flexibility index (Phi) is 3.19. The highest BCUT2D eigenvalue weighted by atomic mass is 31.2. The summed E-state index contributed by atoms with van der Waals surface area (Å²) in [5.74, 6) is 0. The van der Waals surface area contributed by atoms with Gasteiger partial charge in [-0.25, -0.2) is 4.57 Å². The van der Waals surface area contributed by atoms with Crippen LogP contribution in [0.25, 0.3) is 0 Å². The summed E-state index contributed by atoms with van der Waals surface area (Å²) in [6, 6.07) is 0. The molecule has 0 radical (unpaired) electrons. The van der Waals surface area contributed by atoms with Crippen LogP contribution >= 0.6 is 7.68 Å². The molecule has 0 N–H and O–H groups in total. The predicted octanol–water partition coefficient (Wildman–Crippen LogP) is 3.02. The smallest absolute Gasteiger partial charge is 0.304 e. The van der Waals surface area contributed by atoms with Gasteiger partial charge in [-0.3, -0.25) is 0 Å². The van der Waals surface area contributed by atoms with Crippen molar-refractivity contribution >= 4 is 7.68 Å². The minimum Gasteiger partial charge on any atom is -0.304 e. The predicted molar refractivity (Wildman–Crippen MR) is 35.2 cm³/mol. The Morgan fingerprint density at radius 1 is 1.50 bits per heavy atom. The zero-order valence-corrected chi connectivity index (χ0v) is 6.91. The molecule has 0 aliphatic rings. The van der Waals surface area contributed by atoms with Crippen LogP contribution in [0.1, 0.15) is 13.8 Å². The van der Waals surface area contributed by atoms with Gasteiger partial charge in [-0.15, -0.1) is 4.20 Å². The maximum absolute atomic E-state index is 12.4. The molecule has 60 valence electrons. The molecule has 0 amide bonds. The van der Waals surface area contributed by atoms with Crippen LogP contribution in [0, 0.1) is 0 Å². The lowest BCUT2D eigenvalue weighted by Gasteiger charge is -2.03. The lowest BCUT2D eigenvalue weighted by molar-refractivity contribution is 0.352. The molecular formula is C5H9F2O2P. The number of rotatable bonds is 2. The van der Waals surface area contributed by atoms with Crippen molar-refractivity contribution in [1.82, 2.24) is 0 Å². The van der Waals surface area contributed by atoms with E-state index in [4.69, 9.17) is 0 Å². The van der Waals surface area contributed by atoms with E-state index < -0.39 is 13.2 Å². The monoisotopic (exact) mass is 170 g/mol. The van der Waals surface area contributed by atoms with E-state index in [1.54, 1.807) is 0 Å². The first kappa shape index (κ1) is 9.79. The first-order valence-corrected chi connectivity index (χ1v) is 4.12. The summed E-state index contributed by atoms with van der Waals surface area (Å²) in [7, 11) is -3.74. The summed E-state index contributed by atoms with van der Waals surface area (Å²) in [5.41, 5.74) is -1.26. The Hall–Kier alpha value is -0.210. The van der Waals surface area contributed by atoms with Crippen molar-refractivity contribution < 1.29 is 17.7 Å². The molecule has 0 saturated carbocycles. The molecule has 10 heavy (non-hydrogen) atoms. The average Bonchev–Trinajstić information content (AvgIpc) is 1.86. The largest absolute Gasteiger partial charge is 0.425 e. The highest BCUT2D eigenvalue weighted by Crippen LogP contribution is 2.57. The van der Waals surface area contributed by atoms with E-state index in [0.717, 1.165) is 7.11 Å². The third-order valence-electron chi connectivity index (χ3n) is 0.882. The molecule has 5 heteroatoms. The van der Waals surface area contributed by atoms with E-state index in [1.807, 2.05) is 0 Å². The molecule has 0 aliphatic heterocycles. The summed E-state index contributed by atoms with van der Waals surface area (Å²) in [6.45, 7) is 2.64. The van der Waals surface area contributed by atoms with Gasteiger partial charge in [-0.1, -0.05) is 0 Å². The van der Waals surface area contributed by atoms with Crippen molar-refractivity contribution in [2.75, 3.05) is 7.11 Å². The molecule has 0 heterocycles. The van der Waals surface area contributed by atoms with Gasteiger partial charge in [0.25, 0.3) is 0 Å². The second-order valence-corrected chi connectivity index (χ2v) is 3.67. The summed E-state index contributed by atoms with van der Waals surface area (Å²) in [5, 5.41) is 0. The van der Waals surface area contributed by atoms with Crippen molar-refractivity contribution in [1.29, 1.82) is 0 Å². The van der Waals surface area contributed by atoms with Crippen LogP contribution in [0.2, 0.25) is 0 Å². The Morgan fingerprint density at radius 2 is 1.90 bits per heavy atom. The molecule has 0 aromatic rings. The Labute approximate surface area is 58.5 Å². The van der Waals surface area contributed by atoms with Gasteiger partial charge < -0.3 is 4.52 Å². The van der Waals surface area contributed by atoms with Gasteiger partial charge in [-0.05, 0) is 19.4 Å². The van der Waals surface area contributed by atoms with Gasteiger partial charge in [-0.2, -0.15) is 4.39 Å². The lowest BCUT2D eigenvalue weighted by Crippen LogP contribution is -1.80. The minimum absolute atomic E-state index is 0.0349. The lowest BCUT2D eigenvalue weighted by atomic mass is 10.4. The van der Waals surface area contributed by atoms with Crippen LogP contribution < -0.4 is 0 Å². The van der Waals surface area contributed by atoms with Crippen LogP contribution in [0.15, 0.2) is 11.1 Å². The summed E-state index contributed by atoms with van der Waals surface area (Å²) in [4.78, 5) is 0. The standard InChI is InChI=1S/C5H9F2O2P/c1-4(2)5(6)10(7,8)9-3/h1-3H3. The van der Waals surface area contributed by atoms with Gasteiger partial charge in [0.1, 0.15) is 0 Å². The zero-order chi connectivity index (χ0) is 8.36. The van der Waals surface area contributed by atoms with Crippen molar-refractivity contribution in [3.63, 3.8) is 0 Å². The number of allylic oxidation sites excluding steroid dienone is 1. The minimum atomic E-state index is -4.61. The molecule has 0 aromatic carbocycles. The molecule has 0 rings (SSSR count). The normalized spacial score (nSPS) is 16.1. The van der Waals surface area contributed by atoms with Gasteiger partial charge in [0, 0.05) is 7.11 Å². The second-order valence-electron chi connectivity index (χ2n) is 1.95. The van der Waals surface area contributed by atoms with E-state index >= 15 is 0 Å². The van der Waals surface area contributed by atoms with Crippen molar-refractivity contribution in [3.8, 4) is 0 Å². The Balaban J connectivity index is 4.67. The van der Waals surface area contributed by atoms with Gasteiger partial charge in [0.05, 0.1) is 0 Å². The molecule has 0 saturated heterocycles. The fourth-order valence-electron chi connectivity index (χ4n) is 0.347. The fraction of sp³-hybridized carbons (Fsp3) is 0.600. The van der Waals surface area contributed by atoms with Gasteiger partial charge >= 0.3 is 7.68 Å². The van der Waals surface area contributed by atoms with Crippen molar-refractivity contribution in [2.45, 2.75) is 13.8 Å². The van der Waals surface area contributed by atoms with Crippen LogP contribution in [0.3, 0.4) is 0 Å². The molecule has 0 aromatic heterocycles. The zero-order valence-electron chi connectivity index (χ0n) is 6.02. The molecule has 0 fully saturated rings. The van der Waals surface area contributed by atoms with Crippen molar-refractivity contribution in [2.24, 2.45) is 0 Å². The summed E-state index contributed by atoms with van der Waals surface area (Å²) >= 11 is 0. The van der Waals surface area contributed by atoms with Crippen LogP contribution in [-0.2, 0) is 9.09 Å². The first-order valence-electron chi connectivity index (χ1n) is 2.61. The highest BCUT2D eigenvalue weighted by molar-refractivity contribution is 7.57. The highest BCUT2D eigenvalue weighted by Gasteiger charge is 2.28. The fourth-order valence-corrected chi connectivity index (χ4v) is 1.04. The third-order valence-corrected chi connectivity index (χ3v) is 2.27. The van der Waals surface area contributed by atoms with Crippen molar-refractivity contribution in [3.05, 3.63) is 11.1 Å². The maximum Gasteiger partial charge on any atom is 0.425 e. The molecule has 0 bridgehead atoms. The molecular weight excluding hydrogens is 161 g/mol. The first-order chi connectivity index (χ1) is 4.41.